The lowest BCUT2D eigenvalue weighted by Gasteiger charge is -2.05. The first-order chi connectivity index (χ1) is 9.13. The molecule has 3 nitrogen and oxygen atoms in total. The minimum Gasteiger partial charge on any atom is -0.389 e. The van der Waals surface area contributed by atoms with Gasteiger partial charge in [0.05, 0.1) is 17.2 Å². The van der Waals surface area contributed by atoms with Crippen molar-refractivity contribution in [2.75, 3.05) is 0 Å². The van der Waals surface area contributed by atoms with Gasteiger partial charge in [-0.15, -0.1) is 11.3 Å². The molecule has 0 atom stereocenters. The van der Waals surface area contributed by atoms with Gasteiger partial charge in [-0.1, -0.05) is 24.4 Å². The van der Waals surface area contributed by atoms with Crippen LogP contribution in [0.2, 0.25) is 0 Å². The maximum absolute atomic E-state index is 5.69. The number of thiocarbonyl (C=S) groups is 1. The molecule has 0 saturated carbocycles. The summed E-state index contributed by atoms with van der Waals surface area (Å²) in [5, 5.41) is 4.38. The molecule has 0 aliphatic heterocycles. The molecule has 2 aromatic heterocycles. The molecule has 0 amide bonds. The van der Waals surface area contributed by atoms with E-state index < -0.39 is 0 Å². The third-order valence-corrected chi connectivity index (χ3v) is 4.12. The third-order valence-electron chi connectivity index (χ3n) is 3.06. The molecule has 0 aliphatic rings. The van der Waals surface area contributed by atoms with E-state index in [2.05, 4.69) is 27.2 Å². The van der Waals surface area contributed by atoms with Crippen LogP contribution in [0.1, 0.15) is 16.3 Å². The maximum Gasteiger partial charge on any atom is 0.104 e. The first-order valence-corrected chi connectivity index (χ1v) is 7.22. The van der Waals surface area contributed by atoms with E-state index in [0.29, 0.717) is 4.99 Å². The van der Waals surface area contributed by atoms with Crippen LogP contribution in [0.5, 0.6) is 0 Å². The molecular weight excluding hydrogens is 274 g/mol. The number of aromatic nitrogens is 2. The highest BCUT2D eigenvalue weighted by molar-refractivity contribution is 7.80. The topological polar surface area (TPSA) is 43.8 Å². The van der Waals surface area contributed by atoms with Crippen LogP contribution in [0.25, 0.3) is 10.9 Å². The Labute approximate surface area is 120 Å². The van der Waals surface area contributed by atoms with Gasteiger partial charge in [0.1, 0.15) is 4.99 Å². The number of benzene rings is 1. The van der Waals surface area contributed by atoms with Crippen LogP contribution in [0.4, 0.5) is 0 Å². The highest BCUT2D eigenvalue weighted by Gasteiger charge is 2.06. The molecule has 1 aromatic carbocycles. The largest absolute Gasteiger partial charge is 0.389 e. The van der Waals surface area contributed by atoms with E-state index in [4.69, 9.17) is 18.0 Å². The molecule has 96 valence electrons. The van der Waals surface area contributed by atoms with Gasteiger partial charge in [-0.25, -0.2) is 4.98 Å². The minimum atomic E-state index is 0.430. The van der Waals surface area contributed by atoms with Crippen LogP contribution in [-0.2, 0) is 6.54 Å². The fourth-order valence-electron chi connectivity index (χ4n) is 2.13. The summed E-state index contributed by atoms with van der Waals surface area (Å²) in [6.45, 7) is 2.79. The lowest BCUT2D eigenvalue weighted by Crippen LogP contribution is -2.09. The Kier molecular flexibility index (Phi) is 3.08. The van der Waals surface area contributed by atoms with Crippen LogP contribution in [-0.4, -0.2) is 14.5 Å². The number of nitrogens with zero attached hydrogens (tertiary/aromatic N) is 2. The number of thiazole rings is 1. The molecule has 3 aromatic rings. The number of aryl methyl sites for hydroxylation is 1. The lowest BCUT2D eigenvalue weighted by molar-refractivity contribution is 0.811. The van der Waals surface area contributed by atoms with Crippen molar-refractivity contribution in [1.29, 1.82) is 0 Å². The van der Waals surface area contributed by atoms with Gasteiger partial charge in [0, 0.05) is 22.7 Å². The standard InChI is InChI=1S/C14H13N3S2/c1-9-16-12(8-19-9)7-17-5-4-10-2-3-11(14(15)18)6-13(10)17/h2-6,8H,7H2,1H3,(H2,15,18). The molecular formula is C14H13N3S2. The Bertz CT molecular complexity index is 755. The number of hydrogen-bond donors (Lipinski definition) is 1. The molecule has 5 heteroatoms. The smallest absolute Gasteiger partial charge is 0.104 e. The van der Waals surface area contributed by atoms with Crippen LogP contribution in [0, 0.1) is 6.92 Å². The maximum atomic E-state index is 5.69. The Morgan fingerprint density at radius 2 is 2.26 bits per heavy atom. The monoisotopic (exact) mass is 287 g/mol. The van der Waals surface area contributed by atoms with E-state index in [1.54, 1.807) is 11.3 Å². The molecule has 2 heterocycles. The second-order valence-corrected chi connectivity index (χ2v) is 5.94. The van der Waals surface area contributed by atoms with E-state index in [1.807, 2.05) is 25.1 Å². The zero-order valence-electron chi connectivity index (χ0n) is 10.5. The molecule has 0 unspecified atom stereocenters. The number of nitrogens with two attached hydrogens (primary N) is 1. The average molecular weight is 287 g/mol. The van der Waals surface area contributed by atoms with Crippen LogP contribution < -0.4 is 5.73 Å². The minimum absolute atomic E-state index is 0.430. The Hall–Kier alpha value is -1.72. The quantitative estimate of drug-likeness (QED) is 0.753. The predicted octanol–water partition coefficient (Wildman–Crippen LogP) is 3.09. The summed E-state index contributed by atoms with van der Waals surface area (Å²) < 4.78 is 2.17. The predicted molar refractivity (Wildman–Crippen MR) is 83.8 cm³/mol. The summed E-state index contributed by atoms with van der Waals surface area (Å²) in [5.41, 5.74) is 8.81. The summed E-state index contributed by atoms with van der Waals surface area (Å²) in [7, 11) is 0. The molecule has 2 N–H and O–H groups in total. The summed E-state index contributed by atoms with van der Waals surface area (Å²) in [4.78, 5) is 4.93. The SMILES string of the molecule is Cc1nc(Cn2ccc3ccc(C(N)=S)cc32)cs1. The van der Waals surface area contributed by atoms with Crippen LogP contribution >= 0.6 is 23.6 Å². The van der Waals surface area contributed by atoms with Crippen molar-refractivity contribution in [3.05, 3.63) is 52.1 Å². The van der Waals surface area contributed by atoms with Gasteiger partial charge in [0.15, 0.2) is 0 Å². The van der Waals surface area contributed by atoms with Crippen LogP contribution in [0.3, 0.4) is 0 Å². The van der Waals surface area contributed by atoms with Gasteiger partial charge in [-0.3, -0.25) is 0 Å². The van der Waals surface area contributed by atoms with Crippen molar-refractivity contribution in [2.24, 2.45) is 5.73 Å². The molecule has 0 fully saturated rings. The van der Waals surface area contributed by atoms with Crippen molar-refractivity contribution in [1.82, 2.24) is 9.55 Å². The van der Waals surface area contributed by atoms with Gasteiger partial charge in [0.2, 0.25) is 0 Å². The van der Waals surface area contributed by atoms with Crippen molar-refractivity contribution >= 4 is 39.4 Å². The first kappa shape index (κ1) is 12.3. The first-order valence-electron chi connectivity index (χ1n) is 5.93. The van der Waals surface area contributed by atoms with Crippen molar-refractivity contribution in [2.45, 2.75) is 13.5 Å². The molecule has 0 radical (unpaired) electrons. The van der Waals surface area contributed by atoms with Crippen molar-refractivity contribution in [3.63, 3.8) is 0 Å². The Morgan fingerprint density at radius 1 is 1.42 bits per heavy atom. The number of fused-ring (bicyclic) bond motifs is 1. The van der Waals surface area contributed by atoms with Gasteiger partial charge >= 0.3 is 0 Å². The highest BCUT2D eigenvalue weighted by Crippen LogP contribution is 2.19. The molecule has 0 spiro atoms. The Morgan fingerprint density at radius 3 is 2.95 bits per heavy atom. The highest BCUT2D eigenvalue weighted by atomic mass is 32.1. The molecule has 0 bridgehead atoms. The summed E-state index contributed by atoms with van der Waals surface area (Å²) in [5.74, 6) is 0. The van der Waals surface area contributed by atoms with Crippen LogP contribution in [0.15, 0.2) is 35.8 Å². The Balaban J connectivity index is 2.03. The summed E-state index contributed by atoms with van der Waals surface area (Å²) in [6.07, 6.45) is 2.07. The van der Waals surface area contributed by atoms with Gasteiger partial charge in [-0.2, -0.15) is 0 Å². The van der Waals surface area contributed by atoms with Gasteiger partial charge in [0.25, 0.3) is 0 Å². The molecule has 19 heavy (non-hydrogen) atoms. The number of rotatable bonds is 3. The molecule has 0 aliphatic carbocycles. The van der Waals surface area contributed by atoms with Gasteiger partial charge < -0.3 is 10.3 Å². The van der Waals surface area contributed by atoms with E-state index >= 15 is 0 Å². The van der Waals surface area contributed by atoms with E-state index in [1.165, 1.54) is 5.39 Å². The second-order valence-electron chi connectivity index (χ2n) is 4.44. The third kappa shape index (κ3) is 2.39. The average Bonchev–Trinajstić information content (AvgIpc) is 2.96. The van der Waals surface area contributed by atoms with Gasteiger partial charge in [-0.05, 0) is 24.4 Å². The normalized spacial score (nSPS) is 11.0. The van der Waals surface area contributed by atoms with Crippen molar-refractivity contribution in [3.8, 4) is 0 Å². The summed E-state index contributed by atoms with van der Waals surface area (Å²) in [6, 6.07) is 8.14. The molecule has 0 saturated heterocycles. The van der Waals surface area contributed by atoms with Crippen molar-refractivity contribution < 1.29 is 0 Å². The van der Waals surface area contributed by atoms with E-state index in [0.717, 1.165) is 28.3 Å². The fourth-order valence-corrected chi connectivity index (χ4v) is 2.86. The van der Waals surface area contributed by atoms with E-state index in [9.17, 15) is 0 Å². The zero-order chi connectivity index (χ0) is 13.4. The zero-order valence-corrected chi connectivity index (χ0v) is 12.1. The summed E-state index contributed by atoms with van der Waals surface area (Å²) >= 11 is 6.71. The fraction of sp³-hybridized carbons (Fsp3) is 0.143. The second kappa shape index (κ2) is 4.75. The lowest BCUT2D eigenvalue weighted by atomic mass is 10.1. The van der Waals surface area contributed by atoms with E-state index in [-0.39, 0.29) is 0 Å². The molecule has 3 rings (SSSR count). The number of hydrogen-bond acceptors (Lipinski definition) is 3.